The SMILES string of the molecule is O=C1CCC(N2C(=O)c3cccc(NCc4cnc(-c5cccc(-c6ccccc6)c5)o4)c3C2=O)C(=O)N1. The molecule has 2 aliphatic rings. The molecular weight excluding hydrogens is 484 g/mol. The normalized spacial score (nSPS) is 16.9. The number of oxazole rings is 1. The van der Waals surface area contributed by atoms with Crippen molar-refractivity contribution in [1.82, 2.24) is 15.2 Å². The molecule has 1 atom stereocenters. The van der Waals surface area contributed by atoms with Gasteiger partial charge in [-0.3, -0.25) is 29.4 Å². The van der Waals surface area contributed by atoms with E-state index in [9.17, 15) is 19.2 Å². The summed E-state index contributed by atoms with van der Waals surface area (Å²) < 4.78 is 5.97. The maximum Gasteiger partial charge on any atom is 0.264 e. The van der Waals surface area contributed by atoms with Crippen LogP contribution in [0.3, 0.4) is 0 Å². The number of nitrogens with one attached hydrogen (secondary N) is 2. The summed E-state index contributed by atoms with van der Waals surface area (Å²) in [5.41, 5.74) is 3.81. The van der Waals surface area contributed by atoms with Crippen molar-refractivity contribution in [3.05, 3.63) is 95.9 Å². The number of piperidine rings is 1. The van der Waals surface area contributed by atoms with Gasteiger partial charge in [-0.15, -0.1) is 0 Å². The molecule has 0 saturated carbocycles. The van der Waals surface area contributed by atoms with E-state index in [4.69, 9.17) is 4.42 Å². The molecule has 1 aromatic heterocycles. The third kappa shape index (κ3) is 4.13. The molecule has 1 saturated heterocycles. The lowest BCUT2D eigenvalue weighted by Crippen LogP contribution is -2.54. The zero-order valence-electron chi connectivity index (χ0n) is 20.1. The van der Waals surface area contributed by atoms with E-state index in [-0.39, 0.29) is 30.5 Å². The van der Waals surface area contributed by atoms with E-state index in [0.717, 1.165) is 21.6 Å². The van der Waals surface area contributed by atoms with Gasteiger partial charge >= 0.3 is 0 Å². The van der Waals surface area contributed by atoms with Gasteiger partial charge in [-0.25, -0.2) is 4.98 Å². The molecule has 9 nitrogen and oxygen atoms in total. The molecule has 3 heterocycles. The highest BCUT2D eigenvalue weighted by Crippen LogP contribution is 2.33. The first-order chi connectivity index (χ1) is 18.5. The second kappa shape index (κ2) is 9.44. The molecule has 9 heteroatoms. The average molecular weight is 507 g/mol. The lowest BCUT2D eigenvalue weighted by atomic mass is 10.0. The maximum atomic E-state index is 13.3. The van der Waals surface area contributed by atoms with Crippen LogP contribution in [-0.2, 0) is 16.1 Å². The maximum absolute atomic E-state index is 13.3. The van der Waals surface area contributed by atoms with Crippen LogP contribution in [0.15, 0.2) is 83.4 Å². The van der Waals surface area contributed by atoms with E-state index >= 15 is 0 Å². The molecule has 2 aliphatic heterocycles. The van der Waals surface area contributed by atoms with Crippen LogP contribution in [0.1, 0.15) is 39.3 Å². The van der Waals surface area contributed by atoms with Crippen molar-refractivity contribution in [3.8, 4) is 22.6 Å². The topological polar surface area (TPSA) is 122 Å². The number of carbonyl (C=O) groups excluding carboxylic acids is 4. The zero-order valence-corrected chi connectivity index (χ0v) is 20.1. The largest absolute Gasteiger partial charge is 0.439 e. The Kier molecular flexibility index (Phi) is 5.80. The monoisotopic (exact) mass is 506 g/mol. The third-order valence-corrected chi connectivity index (χ3v) is 6.69. The fourth-order valence-electron chi connectivity index (χ4n) is 4.83. The van der Waals surface area contributed by atoms with Gasteiger partial charge in [0, 0.05) is 17.7 Å². The number of benzene rings is 3. The fraction of sp³-hybridized carbons (Fsp3) is 0.138. The summed E-state index contributed by atoms with van der Waals surface area (Å²) in [6.07, 6.45) is 1.78. The lowest BCUT2D eigenvalue weighted by molar-refractivity contribution is -0.136. The number of hydrogen-bond donors (Lipinski definition) is 2. The minimum atomic E-state index is -1.02. The van der Waals surface area contributed by atoms with Crippen LogP contribution < -0.4 is 10.6 Å². The van der Waals surface area contributed by atoms with E-state index in [0.29, 0.717) is 17.3 Å². The van der Waals surface area contributed by atoms with Crippen LogP contribution in [0.5, 0.6) is 0 Å². The van der Waals surface area contributed by atoms with Crippen LogP contribution in [0.4, 0.5) is 5.69 Å². The van der Waals surface area contributed by atoms with Crippen molar-refractivity contribution in [2.24, 2.45) is 0 Å². The number of fused-ring (bicyclic) bond motifs is 1. The van der Waals surface area contributed by atoms with Crippen molar-refractivity contribution < 1.29 is 23.6 Å². The highest BCUT2D eigenvalue weighted by atomic mass is 16.4. The Hall–Kier alpha value is -5.05. The Bertz CT molecular complexity index is 1590. The van der Waals surface area contributed by atoms with Gasteiger partial charge in [-0.1, -0.05) is 48.5 Å². The van der Waals surface area contributed by atoms with E-state index in [1.54, 1.807) is 24.4 Å². The number of anilines is 1. The van der Waals surface area contributed by atoms with Crippen molar-refractivity contribution in [1.29, 1.82) is 0 Å². The van der Waals surface area contributed by atoms with Crippen molar-refractivity contribution >= 4 is 29.3 Å². The molecule has 188 valence electrons. The highest BCUT2D eigenvalue weighted by molar-refractivity contribution is 6.25. The van der Waals surface area contributed by atoms with E-state index in [2.05, 4.69) is 15.6 Å². The van der Waals surface area contributed by atoms with Gasteiger partial charge in [0.1, 0.15) is 11.8 Å². The van der Waals surface area contributed by atoms with Gasteiger partial charge in [0.15, 0.2) is 0 Å². The zero-order chi connectivity index (χ0) is 26.2. The van der Waals surface area contributed by atoms with E-state index in [1.807, 2.05) is 54.6 Å². The highest BCUT2D eigenvalue weighted by Gasteiger charge is 2.45. The lowest BCUT2D eigenvalue weighted by Gasteiger charge is -2.27. The predicted molar refractivity (Wildman–Crippen MR) is 138 cm³/mol. The Morgan fingerprint density at radius 1 is 0.895 bits per heavy atom. The standard InChI is InChI=1S/C29H22N4O5/c34-24-13-12-23(26(35)32-24)33-28(36)21-10-5-11-22(25(21)29(33)37)30-15-20-16-31-27(38-20)19-9-4-8-18(14-19)17-6-2-1-3-7-17/h1-11,14,16,23,30H,12-13,15H2,(H,32,34,35). The summed E-state index contributed by atoms with van der Waals surface area (Å²) in [7, 11) is 0. The Labute approximate surface area is 217 Å². The molecule has 2 N–H and O–H groups in total. The number of rotatable bonds is 6. The third-order valence-electron chi connectivity index (χ3n) is 6.69. The molecular formula is C29H22N4O5. The van der Waals surface area contributed by atoms with E-state index in [1.165, 1.54) is 0 Å². The number of carbonyl (C=O) groups is 4. The number of aromatic nitrogens is 1. The number of amides is 4. The summed E-state index contributed by atoms with van der Waals surface area (Å²) in [6.45, 7) is 0.224. The average Bonchev–Trinajstić information content (AvgIpc) is 3.51. The molecule has 6 rings (SSSR count). The molecule has 0 bridgehead atoms. The molecule has 4 aromatic rings. The van der Waals surface area contributed by atoms with Crippen LogP contribution in [0, 0.1) is 0 Å². The first kappa shape index (κ1) is 23.4. The minimum absolute atomic E-state index is 0.0665. The smallest absolute Gasteiger partial charge is 0.264 e. The molecule has 4 amide bonds. The predicted octanol–water partition coefficient (Wildman–Crippen LogP) is 4.02. The molecule has 1 unspecified atom stereocenters. The van der Waals surface area contributed by atoms with Crippen LogP contribution >= 0.6 is 0 Å². The van der Waals surface area contributed by atoms with Crippen molar-refractivity contribution in [2.45, 2.75) is 25.4 Å². The summed E-state index contributed by atoms with van der Waals surface area (Å²) in [5.74, 6) is -1.17. The molecule has 3 aromatic carbocycles. The first-order valence-electron chi connectivity index (χ1n) is 12.2. The minimum Gasteiger partial charge on any atom is -0.439 e. The fourth-order valence-corrected chi connectivity index (χ4v) is 4.83. The number of nitrogens with zero attached hydrogens (tertiary/aromatic N) is 2. The van der Waals surface area contributed by atoms with Gasteiger partial charge in [-0.2, -0.15) is 0 Å². The second-order valence-corrected chi connectivity index (χ2v) is 9.11. The first-order valence-corrected chi connectivity index (χ1v) is 12.2. The Morgan fingerprint density at radius 2 is 1.66 bits per heavy atom. The molecule has 38 heavy (non-hydrogen) atoms. The molecule has 0 aliphatic carbocycles. The van der Waals surface area contributed by atoms with Gasteiger partial charge in [0.05, 0.1) is 23.9 Å². The van der Waals surface area contributed by atoms with Crippen molar-refractivity contribution in [3.63, 3.8) is 0 Å². The number of imide groups is 2. The van der Waals surface area contributed by atoms with Gasteiger partial charge in [-0.05, 0) is 41.8 Å². The van der Waals surface area contributed by atoms with Gasteiger partial charge in [0.2, 0.25) is 17.7 Å². The summed E-state index contributed by atoms with van der Waals surface area (Å²) >= 11 is 0. The van der Waals surface area contributed by atoms with Gasteiger partial charge < -0.3 is 9.73 Å². The van der Waals surface area contributed by atoms with Crippen LogP contribution in [-0.4, -0.2) is 39.6 Å². The summed E-state index contributed by atoms with van der Waals surface area (Å²) in [5, 5.41) is 5.37. The quantitative estimate of drug-likeness (QED) is 0.379. The molecule has 1 fully saturated rings. The van der Waals surface area contributed by atoms with Crippen LogP contribution in [0.25, 0.3) is 22.6 Å². The second-order valence-electron chi connectivity index (χ2n) is 9.11. The number of hydrogen-bond acceptors (Lipinski definition) is 7. The Morgan fingerprint density at radius 3 is 2.47 bits per heavy atom. The molecule has 0 spiro atoms. The van der Waals surface area contributed by atoms with Gasteiger partial charge in [0.25, 0.3) is 11.8 Å². The summed E-state index contributed by atoms with van der Waals surface area (Å²) in [4.78, 5) is 55.5. The Balaban J connectivity index is 1.20. The summed E-state index contributed by atoms with van der Waals surface area (Å²) in [6, 6.07) is 21.8. The van der Waals surface area contributed by atoms with Crippen LogP contribution in [0.2, 0.25) is 0 Å². The van der Waals surface area contributed by atoms with E-state index < -0.39 is 29.7 Å². The molecule has 0 radical (unpaired) electrons. The van der Waals surface area contributed by atoms with Crippen molar-refractivity contribution in [2.75, 3.05) is 5.32 Å².